The van der Waals surface area contributed by atoms with Crippen molar-refractivity contribution in [3.8, 4) is 0 Å². The third-order valence-corrected chi connectivity index (χ3v) is 4.90. The van der Waals surface area contributed by atoms with Crippen LogP contribution >= 0.6 is 15.9 Å². The molecule has 1 rings (SSSR count). The molecule has 0 bridgehead atoms. The Bertz CT molecular complexity index is 577. The fraction of sp³-hybridized carbons (Fsp3) is 0.364. The molecule has 0 aromatic heterocycles. The Labute approximate surface area is 120 Å². The summed E-state index contributed by atoms with van der Waals surface area (Å²) in [6.45, 7) is -0.0164. The van der Waals surface area contributed by atoms with Crippen LogP contribution in [0.1, 0.15) is 6.42 Å². The summed E-state index contributed by atoms with van der Waals surface area (Å²) in [5.74, 6) is -1.11. The van der Waals surface area contributed by atoms with Crippen molar-refractivity contribution < 1.29 is 17.6 Å². The third kappa shape index (κ3) is 3.99. The van der Waals surface area contributed by atoms with E-state index in [1.165, 1.54) is 26.2 Å². The van der Waals surface area contributed by atoms with E-state index in [-0.39, 0.29) is 18.9 Å². The zero-order valence-electron chi connectivity index (χ0n) is 10.5. The van der Waals surface area contributed by atoms with Gasteiger partial charge in [0.25, 0.3) is 0 Å². The average Bonchev–Trinajstić information content (AvgIpc) is 2.34. The van der Waals surface area contributed by atoms with Gasteiger partial charge in [0.15, 0.2) is 0 Å². The fourth-order valence-electron chi connectivity index (χ4n) is 1.36. The maximum Gasteiger partial charge on any atom is 0.245 e. The molecule has 0 aliphatic heterocycles. The number of sulfonamides is 1. The lowest BCUT2D eigenvalue weighted by atomic mass is 10.3. The van der Waals surface area contributed by atoms with Crippen molar-refractivity contribution in [2.45, 2.75) is 11.3 Å². The van der Waals surface area contributed by atoms with Crippen LogP contribution in [0.3, 0.4) is 0 Å². The summed E-state index contributed by atoms with van der Waals surface area (Å²) in [7, 11) is -1.16. The summed E-state index contributed by atoms with van der Waals surface area (Å²) < 4.78 is 39.3. The smallest absolute Gasteiger partial charge is 0.245 e. The van der Waals surface area contributed by atoms with Gasteiger partial charge in [0.05, 0.1) is 0 Å². The number of nitrogens with one attached hydrogen (secondary N) is 1. The van der Waals surface area contributed by atoms with Crippen molar-refractivity contribution in [1.29, 1.82) is 0 Å². The Kier molecular flexibility index (Phi) is 5.45. The van der Waals surface area contributed by atoms with Gasteiger partial charge in [-0.3, -0.25) is 4.79 Å². The van der Waals surface area contributed by atoms with Crippen LogP contribution in [-0.4, -0.2) is 39.3 Å². The molecule has 8 heteroatoms. The molecule has 1 amide bonds. The molecule has 1 aromatic carbocycles. The Morgan fingerprint density at radius 2 is 2.11 bits per heavy atom. The molecule has 1 aromatic rings. The van der Waals surface area contributed by atoms with Gasteiger partial charge < -0.3 is 5.32 Å². The monoisotopic (exact) mass is 352 g/mol. The van der Waals surface area contributed by atoms with Crippen LogP contribution in [0.15, 0.2) is 27.6 Å². The van der Waals surface area contributed by atoms with E-state index in [1.807, 2.05) is 0 Å². The van der Waals surface area contributed by atoms with Gasteiger partial charge in [-0.25, -0.2) is 17.1 Å². The maximum atomic E-state index is 13.7. The summed E-state index contributed by atoms with van der Waals surface area (Å²) in [6, 6.07) is 3.72. The first-order chi connectivity index (χ1) is 8.78. The molecule has 19 heavy (non-hydrogen) atoms. The lowest BCUT2D eigenvalue weighted by Gasteiger charge is -2.17. The van der Waals surface area contributed by atoms with Gasteiger partial charge in [-0.1, -0.05) is 15.9 Å². The Morgan fingerprint density at radius 3 is 2.63 bits per heavy atom. The van der Waals surface area contributed by atoms with E-state index in [0.29, 0.717) is 4.47 Å². The van der Waals surface area contributed by atoms with Gasteiger partial charge in [-0.2, -0.15) is 0 Å². The van der Waals surface area contributed by atoms with Crippen LogP contribution < -0.4 is 5.32 Å². The second kappa shape index (κ2) is 6.44. The normalized spacial score (nSPS) is 11.6. The zero-order chi connectivity index (χ0) is 14.6. The number of hydrogen-bond donors (Lipinski definition) is 1. The van der Waals surface area contributed by atoms with Crippen molar-refractivity contribution in [3.63, 3.8) is 0 Å². The molecule has 0 aliphatic carbocycles. The van der Waals surface area contributed by atoms with Gasteiger partial charge in [-0.05, 0) is 18.2 Å². The van der Waals surface area contributed by atoms with Gasteiger partial charge in [0.2, 0.25) is 15.9 Å². The van der Waals surface area contributed by atoms with E-state index in [9.17, 15) is 17.6 Å². The number of halogens is 2. The highest BCUT2D eigenvalue weighted by molar-refractivity contribution is 9.10. The molecule has 106 valence electrons. The molecule has 0 atom stereocenters. The highest BCUT2D eigenvalue weighted by Crippen LogP contribution is 2.22. The number of carbonyl (C=O) groups excluding carboxylic acids is 1. The van der Waals surface area contributed by atoms with Gasteiger partial charge in [0.1, 0.15) is 10.7 Å². The Hall–Kier alpha value is -0.990. The molecular formula is C11H14BrFN2O3S. The summed E-state index contributed by atoms with van der Waals surface area (Å²) in [5, 5.41) is 2.39. The van der Waals surface area contributed by atoms with Crippen molar-refractivity contribution in [2.24, 2.45) is 0 Å². The number of benzene rings is 1. The quantitative estimate of drug-likeness (QED) is 0.869. The van der Waals surface area contributed by atoms with Gasteiger partial charge >= 0.3 is 0 Å². The molecule has 0 unspecified atom stereocenters. The van der Waals surface area contributed by atoms with Gasteiger partial charge in [0, 0.05) is 31.5 Å². The lowest BCUT2D eigenvalue weighted by molar-refractivity contribution is -0.120. The van der Waals surface area contributed by atoms with Crippen LogP contribution in [0.4, 0.5) is 4.39 Å². The molecule has 1 N–H and O–H groups in total. The topological polar surface area (TPSA) is 66.5 Å². The minimum atomic E-state index is -3.93. The van der Waals surface area contributed by atoms with Crippen molar-refractivity contribution in [1.82, 2.24) is 9.62 Å². The molecule has 0 saturated carbocycles. The predicted molar refractivity (Wildman–Crippen MR) is 72.6 cm³/mol. The number of rotatable bonds is 5. The second-order valence-electron chi connectivity index (χ2n) is 3.82. The Balaban J connectivity index is 2.94. The van der Waals surface area contributed by atoms with E-state index in [0.717, 1.165) is 10.4 Å². The van der Waals surface area contributed by atoms with Crippen molar-refractivity contribution in [2.75, 3.05) is 20.6 Å². The highest BCUT2D eigenvalue weighted by Gasteiger charge is 2.24. The second-order valence-corrected chi connectivity index (χ2v) is 6.75. The SMILES string of the molecule is CNC(=O)CCN(C)S(=O)(=O)c1ccc(Br)cc1F. The number of carbonyl (C=O) groups is 1. The van der Waals surface area contributed by atoms with E-state index in [1.54, 1.807) is 0 Å². The van der Waals surface area contributed by atoms with Crippen LogP contribution in [0.25, 0.3) is 0 Å². The van der Waals surface area contributed by atoms with Crippen molar-refractivity contribution >= 4 is 31.9 Å². The molecule has 0 aliphatic rings. The zero-order valence-corrected chi connectivity index (χ0v) is 12.9. The summed E-state index contributed by atoms with van der Waals surface area (Å²) in [4.78, 5) is 10.7. The molecule has 0 fully saturated rings. The fourth-order valence-corrected chi connectivity index (χ4v) is 2.90. The van der Waals surface area contributed by atoms with E-state index >= 15 is 0 Å². The predicted octanol–water partition coefficient (Wildman–Crippen LogP) is 1.34. The minimum Gasteiger partial charge on any atom is -0.359 e. The first kappa shape index (κ1) is 16.1. The summed E-state index contributed by atoms with van der Waals surface area (Å²) in [5.41, 5.74) is 0. The highest BCUT2D eigenvalue weighted by atomic mass is 79.9. The minimum absolute atomic E-state index is 0.0164. The van der Waals surface area contributed by atoms with Gasteiger partial charge in [-0.15, -0.1) is 0 Å². The summed E-state index contributed by atoms with van der Waals surface area (Å²) in [6.07, 6.45) is 0.0182. The molecule has 0 radical (unpaired) electrons. The molecule has 5 nitrogen and oxygen atoms in total. The third-order valence-electron chi connectivity index (χ3n) is 2.51. The van der Waals surface area contributed by atoms with E-state index < -0.39 is 20.7 Å². The first-order valence-electron chi connectivity index (χ1n) is 5.41. The molecule has 0 saturated heterocycles. The van der Waals surface area contributed by atoms with Crippen LogP contribution in [-0.2, 0) is 14.8 Å². The Morgan fingerprint density at radius 1 is 1.47 bits per heavy atom. The van der Waals surface area contributed by atoms with E-state index in [2.05, 4.69) is 21.2 Å². The molecular weight excluding hydrogens is 339 g/mol. The average molecular weight is 353 g/mol. The molecule has 0 spiro atoms. The maximum absolute atomic E-state index is 13.7. The number of amides is 1. The lowest BCUT2D eigenvalue weighted by Crippen LogP contribution is -2.31. The first-order valence-corrected chi connectivity index (χ1v) is 7.64. The number of hydrogen-bond acceptors (Lipinski definition) is 3. The molecule has 0 heterocycles. The largest absolute Gasteiger partial charge is 0.359 e. The van der Waals surface area contributed by atoms with Crippen LogP contribution in [0.2, 0.25) is 0 Å². The number of nitrogens with zero attached hydrogens (tertiary/aromatic N) is 1. The van der Waals surface area contributed by atoms with Crippen LogP contribution in [0.5, 0.6) is 0 Å². The van der Waals surface area contributed by atoms with Crippen molar-refractivity contribution in [3.05, 3.63) is 28.5 Å². The van der Waals surface area contributed by atoms with Crippen LogP contribution in [0, 0.1) is 5.82 Å². The standard InChI is InChI=1S/C11H14BrFN2O3S/c1-14-11(16)5-6-15(2)19(17,18)10-4-3-8(12)7-9(10)13/h3-4,7H,5-6H2,1-2H3,(H,14,16). The van der Waals surface area contributed by atoms with E-state index in [4.69, 9.17) is 0 Å². The summed E-state index contributed by atoms with van der Waals surface area (Å²) >= 11 is 3.06.